The van der Waals surface area contributed by atoms with Crippen LogP contribution in [0.15, 0.2) is 36.7 Å². The van der Waals surface area contributed by atoms with Gasteiger partial charge in [0.25, 0.3) is 0 Å². The first-order chi connectivity index (χ1) is 8.74. The van der Waals surface area contributed by atoms with Crippen LogP contribution in [-0.2, 0) is 11.3 Å². The molecule has 0 aliphatic carbocycles. The fraction of sp³-hybridized carbons (Fsp3) is 0.400. The minimum Gasteiger partial charge on any atom is -0.374 e. The van der Waals surface area contributed by atoms with Gasteiger partial charge in [-0.25, -0.2) is 0 Å². The van der Waals surface area contributed by atoms with Crippen molar-refractivity contribution in [3.8, 4) is 11.1 Å². The molecule has 0 aliphatic rings. The zero-order valence-corrected chi connectivity index (χ0v) is 11.3. The molecule has 3 heteroatoms. The standard InChI is InChI=1S/C15H20N2O/c1-4-17-11-15(10-16-17)14-8-6-13(7-9-14)12(3)18-5-2/h6-12H,4-5H2,1-3H3/t12-/m1/s1. The first kappa shape index (κ1) is 12.8. The molecule has 0 bridgehead atoms. The van der Waals surface area contributed by atoms with E-state index >= 15 is 0 Å². The third-order valence-corrected chi connectivity index (χ3v) is 3.09. The molecule has 0 N–H and O–H groups in total. The summed E-state index contributed by atoms with van der Waals surface area (Å²) in [7, 11) is 0. The van der Waals surface area contributed by atoms with Crippen molar-refractivity contribution in [2.75, 3.05) is 6.61 Å². The summed E-state index contributed by atoms with van der Waals surface area (Å²) in [5.41, 5.74) is 3.57. The molecule has 2 rings (SSSR count). The first-order valence-electron chi connectivity index (χ1n) is 6.49. The lowest BCUT2D eigenvalue weighted by Crippen LogP contribution is -1.98. The van der Waals surface area contributed by atoms with Crippen molar-refractivity contribution in [3.63, 3.8) is 0 Å². The molecule has 0 saturated heterocycles. The number of ether oxygens (including phenoxy) is 1. The summed E-state index contributed by atoms with van der Waals surface area (Å²) in [6.07, 6.45) is 4.13. The molecule has 0 saturated carbocycles. The van der Waals surface area contributed by atoms with Crippen molar-refractivity contribution in [3.05, 3.63) is 42.2 Å². The second kappa shape index (κ2) is 5.83. The first-order valence-corrected chi connectivity index (χ1v) is 6.49. The number of aromatic nitrogens is 2. The van der Waals surface area contributed by atoms with Crippen LogP contribution in [0.2, 0.25) is 0 Å². The minimum atomic E-state index is 0.155. The number of hydrogen-bond donors (Lipinski definition) is 0. The lowest BCUT2D eigenvalue weighted by Gasteiger charge is -2.12. The largest absolute Gasteiger partial charge is 0.374 e. The van der Waals surface area contributed by atoms with Crippen LogP contribution < -0.4 is 0 Å². The molecule has 1 aromatic carbocycles. The van der Waals surface area contributed by atoms with E-state index < -0.39 is 0 Å². The number of nitrogens with zero attached hydrogens (tertiary/aromatic N) is 2. The zero-order chi connectivity index (χ0) is 13.0. The van der Waals surface area contributed by atoms with E-state index in [1.165, 1.54) is 11.1 Å². The second-order valence-corrected chi connectivity index (χ2v) is 4.30. The minimum absolute atomic E-state index is 0.155. The molecule has 3 nitrogen and oxygen atoms in total. The van der Waals surface area contributed by atoms with Gasteiger partial charge in [0.05, 0.1) is 12.3 Å². The van der Waals surface area contributed by atoms with Gasteiger partial charge in [-0.1, -0.05) is 24.3 Å². The van der Waals surface area contributed by atoms with Gasteiger partial charge in [-0.15, -0.1) is 0 Å². The van der Waals surface area contributed by atoms with Gasteiger partial charge >= 0.3 is 0 Å². The van der Waals surface area contributed by atoms with Crippen molar-refractivity contribution < 1.29 is 4.74 Å². The van der Waals surface area contributed by atoms with Gasteiger partial charge in [-0.2, -0.15) is 5.10 Å². The van der Waals surface area contributed by atoms with Crippen LogP contribution >= 0.6 is 0 Å². The van der Waals surface area contributed by atoms with Crippen molar-refractivity contribution in [2.24, 2.45) is 0 Å². The van der Waals surface area contributed by atoms with Gasteiger partial charge in [0.2, 0.25) is 0 Å². The molecule has 0 fully saturated rings. The average Bonchev–Trinajstić information content (AvgIpc) is 2.88. The zero-order valence-electron chi connectivity index (χ0n) is 11.3. The topological polar surface area (TPSA) is 27.1 Å². The molecule has 2 aromatic rings. The molecule has 1 aromatic heterocycles. The van der Waals surface area contributed by atoms with E-state index in [4.69, 9.17) is 4.74 Å². The molecular weight excluding hydrogens is 224 g/mol. The smallest absolute Gasteiger partial charge is 0.0796 e. The summed E-state index contributed by atoms with van der Waals surface area (Å²) >= 11 is 0. The Morgan fingerprint density at radius 2 is 1.89 bits per heavy atom. The van der Waals surface area contributed by atoms with Crippen LogP contribution in [0, 0.1) is 0 Å². The van der Waals surface area contributed by atoms with E-state index in [9.17, 15) is 0 Å². The van der Waals surface area contributed by atoms with E-state index in [-0.39, 0.29) is 6.10 Å². The van der Waals surface area contributed by atoms with Gasteiger partial charge in [-0.3, -0.25) is 4.68 Å². The third-order valence-electron chi connectivity index (χ3n) is 3.09. The summed E-state index contributed by atoms with van der Waals surface area (Å²) in [5.74, 6) is 0. The van der Waals surface area contributed by atoms with Gasteiger partial charge in [0.1, 0.15) is 0 Å². The molecule has 0 amide bonds. The van der Waals surface area contributed by atoms with E-state index in [0.717, 1.165) is 18.7 Å². The normalized spacial score (nSPS) is 12.6. The summed E-state index contributed by atoms with van der Waals surface area (Å²) in [6, 6.07) is 8.50. The lowest BCUT2D eigenvalue weighted by atomic mass is 10.0. The molecule has 96 valence electrons. The molecule has 1 atom stereocenters. The molecule has 1 heterocycles. The molecule has 18 heavy (non-hydrogen) atoms. The van der Waals surface area contributed by atoms with Crippen LogP contribution in [0.3, 0.4) is 0 Å². The van der Waals surface area contributed by atoms with Gasteiger partial charge in [0.15, 0.2) is 0 Å². The van der Waals surface area contributed by atoms with Crippen molar-refractivity contribution in [1.82, 2.24) is 9.78 Å². The predicted molar refractivity (Wildman–Crippen MR) is 73.4 cm³/mol. The predicted octanol–water partition coefficient (Wildman–Crippen LogP) is 3.67. The van der Waals surface area contributed by atoms with Crippen LogP contribution in [0.5, 0.6) is 0 Å². The molecular formula is C15H20N2O. The maximum absolute atomic E-state index is 5.58. The highest BCUT2D eigenvalue weighted by molar-refractivity contribution is 5.61. The quantitative estimate of drug-likeness (QED) is 0.802. The summed E-state index contributed by atoms with van der Waals surface area (Å²) < 4.78 is 7.52. The highest BCUT2D eigenvalue weighted by Crippen LogP contribution is 2.22. The van der Waals surface area contributed by atoms with Gasteiger partial charge in [-0.05, 0) is 31.9 Å². The van der Waals surface area contributed by atoms with Gasteiger partial charge < -0.3 is 4.74 Å². The Kier molecular flexibility index (Phi) is 4.15. The second-order valence-electron chi connectivity index (χ2n) is 4.30. The number of benzene rings is 1. The van der Waals surface area contributed by atoms with E-state index in [1.807, 2.05) is 17.8 Å². The van der Waals surface area contributed by atoms with Crippen molar-refractivity contribution in [1.29, 1.82) is 0 Å². The summed E-state index contributed by atoms with van der Waals surface area (Å²) in [4.78, 5) is 0. The Bertz CT molecular complexity index is 487. The summed E-state index contributed by atoms with van der Waals surface area (Å²) in [5, 5.41) is 4.29. The Morgan fingerprint density at radius 3 is 2.44 bits per heavy atom. The fourth-order valence-electron chi connectivity index (χ4n) is 1.98. The SMILES string of the molecule is CCO[C@H](C)c1ccc(-c2cnn(CC)c2)cc1. The van der Waals surface area contributed by atoms with E-state index in [2.05, 4.69) is 49.4 Å². The third kappa shape index (κ3) is 2.79. The Hall–Kier alpha value is -1.61. The Labute approximate surface area is 108 Å². The van der Waals surface area contributed by atoms with Crippen LogP contribution in [0.25, 0.3) is 11.1 Å². The highest BCUT2D eigenvalue weighted by atomic mass is 16.5. The van der Waals surface area contributed by atoms with Crippen LogP contribution in [0.4, 0.5) is 0 Å². The number of aryl methyl sites for hydroxylation is 1. The number of hydrogen-bond acceptors (Lipinski definition) is 2. The Balaban J connectivity index is 2.16. The highest BCUT2D eigenvalue weighted by Gasteiger charge is 2.06. The maximum Gasteiger partial charge on any atom is 0.0796 e. The molecule has 0 aliphatic heterocycles. The number of rotatable bonds is 5. The molecule has 0 spiro atoms. The average molecular weight is 244 g/mol. The lowest BCUT2D eigenvalue weighted by molar-refractivity contribution is 0.0764. The van der Waals surface area contributed by atoms with Crippen LogP contribution in [0.1, 0.15) is 32.4 Å². The van der Waals surface area contributed by atoms with E-state index in [0.29, 0.717) is 0 Å². The van der Waals surface area contributed by atoms with Crippen molar-refractivity contribution in [2.45, 2.75) is 33.4 Å². The van der Waals surface area contributed by atoms with Crippen molar-refractivity contribution >= 4 is 0 Å². The molecule has 0 radical (unpaired) electrons. The van der Waals surface area contributed by atoms with E-state index in [1.54, 1.807) is 0 Å². The maximum atomic E-state index is 5.58. The van der Waals surface area contributed by atoms with Crippen LogP contribution in [-0.4, -0.2) is 16.4 Å². The van der Waals surface area contributed by atoms with Gasteiger partial charge in [0, 0.05) is 24.9 Å². The monoisotopic (exact) mass is 244 g/mol. The summed E-state index contributed by atoms with van der Waals surface area (Å²) in [6.45, 7) is 7.83. The fourth-order valence-corrected chi connectivity index (χ4v) is 1.98. The molecule has 0 unspecified atom stereocenters. The Morgan fingerprint density at radius 1 is 1.17 bits per heavy atom.